The van der Waals surface area contributed by atoms with Crippen molar-refractivity contribution in [3.8, 4) is 23.3 Å². The van der Waals surface area contributed by atoms with Gasteiger partial charge in [-0.2, -0.15) is 10.5 Å². The first-order chi connectivity index (χ1) is 29.1. The Balaban J connectivity index is 0.875. The Hall–Kier alpha value is -7.43. The summed E-state index contributed by atoms with van der Waals surface area (Å²) in [5, 5.41) is 26.0. The molecule has 0 saturated carbocycles. The minimum atomic E-state index is -1.05. The van der Waals surface area contributed by atoms with E-state index in [0.717, 1.165) is 16.9 Å². The van der Waals surface area contributed by atoms with E-state index in [9.17, 15) is 39.3 Å². The van der Waals surface area contributed by atoms with Gasteiger partial charge in [0.15, 0.2) is 5.65 Å². The maximum atomic E-state index is 13.7. The van der Waals surface area contributed by atoms with Crippen LogP contribution in [0.25, 0.3) is 27.8 Å². The van der Waals surface area contributed by atoms with Crippen molar-refractivity contribution in [1.29, 1.82) is 10.5 Å². The third-order valence-corrected chi connectivity index (χ3v) is 12.0. The second kappa shape index (κ2) is 15.1. The van der Waals surface area contributed by atoms with E-state index in [2.05, 4.69) is 32.6 Å². The Bertz CT molecular complexity index is 2770. The molecule has 3 fully saturated rings. The van der Waals surface area contributed by atoms with E-state index >= 15 is 0 Å². The molecule has 0 bridgehead atoms. The first kappa shape index (κ1) is 38.1. The number of anilines is 2. The minimum absolute atomic E-state index is 0.0428. The fourth-order valence-corrected chi connectivity index (χ4v) is 9.01. The normalized spacial score (nSPS) is 19.4. The number of piperidine rings is 1. The molecule has 60 heavy (non-hydrogen) atoms. The average molecular weight is 803 g/mol. The monoisotopic (exact) mass is 802 g/mol. The maximum Gasteiger partial charge on any atom is 0.264 e. The number of aryl methyl sites for hydroxylation is 1. The molecule has 0 spiro atoms. The Kier molecular flexibility index (Phi) is 9.57. The fourth-order valence-electron chi connectivity index (χ4n) is 9.01. The number of hydrogen-bond donors (Lipinski definition) is 2. The number of hydrogen-bond acceptors (Lipinski definition) is 11. The van der Waals surface area contributed by atoms with Crippen LogP contribution in [0.2, 0.25) is 0 Å². The largest absolute Gasteiger partial charge is 0.369 e. The summed E-state index contributed by atoms with van der Waals surface area (Å²) < 4.78 is 1.60. The van der Waals surface area contributed by atoms with Crippen LogP contribution in [0.4, 0.5) is 11.5 Å². The Morgan fingerprint density at radius 3 is 2.33 bits per heavy atom. The van der Waals surface area contributed by atoms with Crippen LogP contribution in [0.1, 0.15) is 63.1 Å². The van der Waals surface area contributed by atoms with Gasteiger partial charge in [0.05, 0.1) is 27.8 Å². The van der Waals surface area contributed by atoms with Crippen LogP contribution in [0, 0.1) is 29.6 Å². The van der Waals surface area contributed by atoms with E-state index in [1.807, 2.05) is 43.3 Å². The molecule has 2 N–H and O–H groups in total. The third-order valence-electron chi connectivity index (χ3n) is 12.0. The number of pyridine rings is 1. The summed E-state index contributed by atoms with van der Waals surface area (Å²) in [5.74, 6) is -3.02. The van der Waals surface area contributed by atoms with Gasteiger partial charge in [-0.25, -0.2) is 4.98 Å². The molecule has 0 aliphatic carbocycles. The number of fused-ring (bicyclic) bond motifs is 4. The van der Waals surface area contributed by atoms with Crippen LogP contribution in [0.5, 0.6) is 0 Å². The van der Waals surface area contributed by atoms with Crippen molar-refractivity contribution in [2.24, 2.45) is 0 Å². The SMILES string of the molecule is Cc1ccc(-c2c(C#N)c(NC(=O)CC(=O)N3CCN(C4CCN(c5cccc6c5C(=O)N(C5CCC(=O)NC5=O)C6=O)C4)CC3)n3c(nc4ccccc43)c2C#N)cc1. The van der Waals surface area contributed by atoms with Crippen LogP contribution < -0.4 is 15.5 Å². The minimum Gasteiger partial charge on any atom is -0.369 e. The number of nitrogens with zero attached hydrogens (tertiary/aromatic N) is 8. The number of imidazole rings is 1. The number of rotatable bonds is 7. The van der Waals surface area contributed by atoms with Gasteiger partial charge in [0, 0.05) is 57.3 Å². The molecular weight excluding hydrogens is 765 g/mol. The Morgan fingerprint density at radius 1 is 0.850 bits per heavy atom. The number of carbonyl (C=O) groups excluding carboxylic acids is 6. The molecule has 3 saturated heterocycles. The summed E-state index contributed by atoms with van der Waals surface area (Å²) >= 11 is 0. The van der Waals surface area contributed by atoms with E-state index < -0.39 is 42.0 Å². The zero-order valence-corrected chi connectivity index (χ0v) is 32.6. The van der Waals surface area contributed by atoms with Crippen LogP contribution in [0.15, 0.2) is 66.7 Å². The molecule has 5 aromatic rings. The zero-order chi connectivity index (χ0) is 41.8. The van der Waals surface area contributed by atoms with Gasteiger partial charge in [0.2, 0.25) is 23.6 Å². The summed E-state index contributed by atoms with van der Waals surface area (Å²) in [6.45, 7) is 5.07. The van der Waals surface area contributed by atoms with Crippen molar-refractivity contribution in [1.82, 2.24) is 29.4 Å². The highest BCUT2D eigenvalue weighted by Gasteiger charge is 2.46. The number of nitriles is 2. The van der Waals surface area contributed by atoms with Crippen LogP contribution in [-0.4, -0.2) is 111 Å². The molecule has 9 rings (SSSR count). The first-order valence-corrected chi connectivity index (χ1v) is 19.8. The van der Waals surface area contributed by atoms with Crippen LogP contribution >= 0.6 is 0 Å². The zero-order valence-electron chi connectivity index (χ0n) is 32.6. The summed E-state index contributed by atoms with van der Waals surface area (Å²) in [6.07, 6.45) is 0.448. The van der Waals surface area contributed by atoms with Crippen LogP contribution in [-0.2, 0) is 19.2 Å². The number of para-hydroxylation sites is 2. The van der Waals surface area contributed by atoms with Gasteiger partial charge in [-0.3, -0.25) is 48.3 Å². The number of nitrogens with one attached hydrogen (secondary N) is 2. The molecule has 0 radical (unpaired) electrons. The van der Waals surface area contributed by atoms with Crippen molar-refractivity contribution in [2.75, 3.05) is 49.5 Å². The number of amides is 6. The highest BCUT2D eigenvalue weighted by atomic mass is 16.2. The number of benzene rings is 3. The van der Waals surface area contributed by atoms with Crippen molar-refractivity contribution in [2.45, 2.75) is 44.7 Å². The van der Waals surface area contributed by atoms with Gasteiger partial charge >= 0.3 is 0 Å². The lowest BCUT2D eigenvalue weighted by Crippen LogP contribution is -2.54. The first-order valence-electron chi connectivity index (χ1n) is 19.8. The van der Waals surface area contributed by atoms with Gasteiger partial charge in [-0.15, -0.1) is 0 Å². The molecule has 4 aliphatic heterocycles. The van der Waals surface area contributed by atoms with E-state index in [4.69, 9.17) is 4.98 Å². The van der Waals surface area contributed by atoms with Gasteiger partial charge in [0.1, 0.15) is 41.5 Å². The van der Waals surface area contributed by atoms with Crippen molar-refractivity contribution < 1.29 is 28.8 Å². The molecule has 2 aromatic heterocycles. The van der Waals surface area contributed by atoms with Crippen molar-refractivity contribution >= 4 is 63.6 Å². The number of imide groups is 2. The maximum absolute atomic E-state index is 13.7. The topological polar surface area (TPSA) is 204 Å². The second-order valence-corrected chi connectivity index (χ2v) is 15.5. The van der Waals surface area contributed by atoms with Crippen molar-refractivity contribution in [3.63, 3.8) is 0 Å². The molecule has 6 heterocycles. The summed E-state index contributed by atoms with van der Waals surface area (Å²) in [6, 6.07) is 23.2. The number of piperazine rings is 1. The lowest BCUT2D eigenvalue weighted by molar-refractivity contribution is -0.137. The molecule has 3 aromatic carbocycles. The highest BCUT2D eigenvalue weighted by molar-refractivity contribution is 6.25. The van der Waals surface area contributed by atoms with Crippen LogP contribution in [0.3, 0.4) is 0 Å². The van der Waals surface area contributed by atoms with E-state index in [1.54, 1.807) is 39.6 Å². The lowest BCUT2D eigenvalue weighted by Gasteiger charge is -2.38. The highest BCUT2D eigenvalue weighted by Crippen LogP contribution is 2.38. The third kappa shape index (κ3) is 6.38. The van der Waals surface area contributed by atoms with Gasteiger partial charge in [-0.05, 0) is 49.6 Å². The summed E-state index contributed by atoms with van der Waals surface area (Å²) in [7, 11) is 0. The van der Waals surface area contributed by atoms with Gasteiger partial charge < -0.3 is 15.1 Å². The summed E-state index contributed by atoms with van der Waals surface area (Å²) in [5.41, 5.74) is 4.78. The molecule has 16 heteroatoms. The molecular formula is C44H38N10O6. The number of carbonyl (C=O) groups is 6. The second-order valence-electron chi connectivity index (χ2n) is 15.5. The molecule has 16 nitrogen and oxygen atoms in total. The number of aromatic nitrogens is 2. The quantitative estimate of drug-likeness (QED) is 0.180. The van der Waals surface area contributed by atoms with Gasteiger partial charge in [-0.1, -0.05) is 48.0 Å². The average Bonchev–Trinajstić information content (AvgIpc) is 3.96. The van der Waals surface area contributed by atoms with E-state index in [-0.39, 0.29) is 58.5 Å². The standard InChI is InChI=1S/C44H38N10O6/c1-25-9-11-26(12-10-25)38-29(22-45)40-47-31-6-2-3-7-32(31)53(40)41(30(38)23-46)48-36(56)21-37(57)51-19-17-50(18-20-51)27-15-16-52(24-27)33-8-4-5-28-39(33)44(60)54(43(28)59)34-13-14-35(55)49-42(34)58/h2-12,27,34H,13-21,24H2,1H3,(H,48,56)(H,49,55,58). The predicted molar refractivity (Wildman–Crippen MR) is 217 cm³/mol. The van der Waals surface area contributed by atoms with Gasteiger partial charge in [0.25, 0.3) is 11.8 Å². The molecule has 2 atom stereocenters. The Morgan fingerprint density at radius 2 is 1.60 bits per heavy atom. The predicted octanol–water partition coefficient (Wildman–Crippen LogP) is 3.36. The molecule has 4 aliphatic rings. The molecule has 6 amide bonds. The molecule has 300 valence electrons. The fraction of sp³-hybridized carbons (Fsp3) is 0.295. The smallest absolute Gasteiger partial charge is 0.264 e. The van der Waals surface area contributed by atoms with E-state index in [0.29, 0.717) is 67.1 Å². The molecule has 2 unspecified atom stereocenters. The lowest BCUT2D eigenvalue weighted by atomic mass is 9.95. The summed E-state index contributed by atoms with van der Waals surface area (Å²) in [4.78, 5) is 90.5. The van der Waals surface area contributed by atoms with E-state index in [1.165, 1.54) is 0 Å². The Labute approximate surface area is 343 Å². The van der Waals surface area contributed by atoms with Crippen molar-refractivity contribution in [3.05, 3.63) is 94.5 Å².